The molecule has 1 rings (SSSR count). The minimum atomic E-state index is 0.277. The second-order valence-electron chi connectivity index (χ2n) is 1.78. The lowest BCUT2D eigenvalue weighted by molar-refractivity contribution is 0.110. The molecule has 3 heteroatoms. The Balaban J connectivity index is 2.93. The molecule has 56 valence electrons. The summed E-state index contributed by atoms with van der Waals surface area (Å²) >= 11 is 3.90. The molecule has 0 aliphatic rings. The van der Waals surface area contributed by atoms with Gasteiger partial charge in [0, 0.05) is 0 Å². The van der Waals surface area contributed by atoms with Crippen molar-refractivity contribution in [3.8, 4) is 11.8 Å². The van der Waals surface area contributed by atoms with E-state index in [0.29, 0.717) is 17.6 Å². The molecule has 0 aromatic carbocycles. The summed E-state index contributed by atoms with van der Waals surface area (Å²) in [7, 11) is 0. The Morgan fingerprint density at radius 1 is 1.73 bits per heavy atom. The number of hydrogen-bond donors (Lipinski definition) is 1. The summed E-state index contributed by atoms with van der Waals surface area (Å²) in [5, 5.41) is 0. The summed E-state index contributed by atoms with van der Waals surface area (Å²) in [6.07, 6.45) is 2.08. The van der Waals surface area contributed by atoms with Crippen LogP contribution in [-0.2, 0) is 0 Å². The average molecular weight is 166 g/mol. The van der Waals surface area contributed by atoms with Gasteiger partial charge in [-0.2, -0.15) is 12.6 Å². The van der Waals surface area contributed by atoms with Gasteiger partial charge in [-0.05, 0) is 6.07 Å². The smallest absolute Gasteiger partial charge is 0.186 e. The summed E-state index contributed by atoms with van der Waals surface area (Å²) < 4.78 is 4.82. The minimum Gasteiger partial charge on any atom is -0.460 e. The number of carbonyl (C=O) groups excluding carboxylic acids is 1. The van der Waals surface area contributed by atoms with Crippen molar-refractivity contribution >= 4 is 18.9 Å². The highest BCUT2D eigenvalue weighted by Gasteiger charge is 1.99. The van der Waals surface area contributed by atoms with Crippen molar-refractivity contribution in [2.45, 2.75) is 0 Å². The molecule has 0 fully saturated rings. The van der Waals surface area contributed by atoms with Crippen LogP contribution in [-0.4, -0.2) is 12.0 Å². The van der Waals surface area contributed by atoms with Crippen LogP contribution in [0, 0.1) is 11.8 Å². The van der Waals surface area contributed by atoms with Crippen molar-refractivity contribution < 1.29 is 9.21 Å². The summed E-state index contributed by atoms with van der Waals surface area (Å²) in [5.74, 6) is 6.22. The number of carbonyl (C=O) groups is 1. The van der Waals surface area contributed by atoms with Crippen LogP contribution in [0.1, 0.15) is 16.1 Å². The molecule has 0 atom stereocenters. The Morgan fingerprint density at radius 3 is 3.18 bits per heavy atom. The minimum absolute atomic E-state index is 0.277. The summed E-state index contributed by atoms with van der Waals surface area (Å²) in [6, 6.07) is 1.65. The van der Waals surface area contributed by atoms with Gasteiger partial charge in [-0.1, -0.05) is 11.8 Å². The first-order valence-corrected chi connectivity index (χ1v) is 3.64. The van der Waals surface area contributed by atoms with Gasteiger partial charge < -0.3 is 4.42 Å². The van der Waals surface area contributed by atoms with E-state index in [4.69, 9.17) is 4.42 Å². The van der Waals surface area contributed by atoms with Gasteiger partial charge in [0.05, 0.1) is 17.6 Å². The fourth-order valence-corrected chi connectivity index (χ4v) is 0.729. The van der Waals surface area contributed by atoms with Crippen LogP contribution in [0.4, 0.5) is 0 Å². The van der Waals surface area contributed by atoms with E-state index in [1.54, 1.807) is 6.07 Å². The van der Waals surface area contributed by atoms with E-state index < -0.39 is 0 Å². The first-order valence-electron chi connectivity index (χ1n) is 3.01. The molecule has 0 aliphatic heterocycles. The van der Waals surface area contributed by atoms with E-state index in [1.165, 1.54) is 6.26 Å². The standard InChI is InChI=1S/C8H6O2S/c9-6-8-7(2-1-5-11)3-4-10-8/h3-4,6,11H,5H2. The fourth-order valence-electron chi connectivity index (χ4n) is 0.650. The molecule has 1 heterocycles. The quantitative estimate of drug-likeness (QED) is 0.388. The Labute approximate surface area is 70.0 Å². The number of hydrogen-bond acceptors (Lipinski definition) is 3. The second-order valence-corrected chi connectivity index (χ2v) is 2.09. The Bertz CT molecular complexity index is 303. The molecule has 0 N–H and O–H groups in total. The molecular formula is C8H6O2S. The number of furan rings is 1. The van der Waals surface area contributed by atoms with Crippen LogP contribution in [0.2, 0.25) is 0 Å². The molecule has 1 aromatic heterocycles. The number of rotatable bonds is 1. The van der Waals surface area contributed by atoms with Crippen molar-refractivity contribution in [3.05, 3.63) is 23.7 Å². The van der Waals surface area contributed by atoms with Crippen molar-refractivity contribution in [1.29, 1.82) is 0 Å². The topological polar surface area (TPSA) is 30.2 Å². The van der Waals surface area contributed by atoms with Gasteiger partial charge in [0.2, 0.25) is 0 Å². The second kappa shape index (κ2) is 3.89. The van der Waals surface area contributed by atoms with Gasteiger partial charge in [-0.25, -0.2) is 0 Å². The molecule has 1 aromatic rings. The predicted octanol–water partition coefficient (Wildman–Crippen LogP) is 1.37. The maximum absolute atomic E-state index is 10.3. The largest absolute Gasteiger partial charge is 0.460 e. The summed E-state index contributed by atoms with van der Waals surface area (Å²) in [5.41, 5.74) is 0.619. The van der Waals surface area contributed by atoms with E-state index >= 15 is 0 Å². The Morgan fingerprint density at radius 2 is 2.55 bits per heavy atom. The molecule has 2 nitrogen and oxygen atoms in total. The van der Waals surface area contributed by atoms with Crippen LogP contribution in [0.25, 0.3) is 0 Å². The Kier molecular flexibility index (Phi) is 2.82. The zero-order valence-corrected chi connectivity index (χ0v) is 6.60. The fraction of sp³-hybridized carbons (Fsp3) is 0.125. The lowest BCUT2D eigenvalue weighted by atomic mass is 10.3. The molecular weight excluding hydrogens is 160 g/mol. The maximum atomic E-state index is 10.3. The third-order valence-corrected chi connectivity index (χ3v) is 1.26. The van der Waals surface area contributed by atoms with E-state index in [1.807, 2.05) is 0 Å². The van der Waals surface area contributed by atoms with Gasteiger partial charge in [0.15, 0.2) is 12.0 Å². The zero-order valence-electron chi connectivity index (χ0n) is 5.70. The first kappa shape index (κ1) is 7.96. The molecule has 0 bridgehead atoms. The van der Waals surface area contributed by atoms with E-state index in [-0.39, 0.29) is 5.76 Å². The highest BCUT2D eigenvalue weighted by atomic mass is 32.1. The van der Waals surface area contributed by atoms with E-state index in [0.717, 1.165) is 0 Å². The summed E-state index contributed by atoms with van der Waals surface area (Å²) in [4.78, 5) is 10.3. The molecule has 0 amide bonds. The molecule has 0 radical (unpaired) electrons. The highest BCUT2D eigenvalue weighted by Crippen LogP contribution is 2.05. The van der Waals surface area contributed by atoms with E-state index in [2.05, 4.69) is 24.5 Å². The molecule has 0 aliphatic carbocycles. The predicted molar refractivity (Wildman–Crippen MR) is 44.8 cm³/mol. The van der Waals surface area contributed by atoms with E-state index in [9.17, 15) is 4.79 Å². The van der Waals surface area contributed by atoms with Crippen LogP contribution in [0.5, 0.6) is 0 Å². The zero-order chi connectivity index (χ0) is 8.10. The van der Waals surface area contributed by atoms with Crippen LogP contribution in [0.3, 0.4) is 0 Å². The Hall–Kier alpha value is -1.14. The monoisotopic (exact) mass is 166 g/mol. The van der Waals surface area contributed by atoms with Crippen LogP contribution < -0.4 is 0 Å². The van der Waals surface area contributed by atoms with Gasteiger partial charge in [-0.3, -0.25) is 4.79 Å². The number of aldehydes is 1. The SMILES string of the molecule is O=Cc1occc1C#CCS. The molecule has 0 saturated heterocycles. The average Bonchev–Trinajstić information content (AvgIpc) is 2.47. The van der Waals surface area contributed by atoms with Crippen LogP contribution >= 0.6 is 12.6 Å². The summed E-state index contributed by atoms with van der Waals surface area (Å²) in [6.45, 7) is 0. The molecule has 11 heavy (non-hydrogen) atoms. The normalized spacial score (nSPS) is 8.45. The van der Waals surface area contributed by atoms with Crippen LogP contribution in [0.15, 0.2) is 16.7 Å². The molecule has 0 unspecified atom stereocenters. The van der Waals surface area contributed by atoms with Gasteiger partial charge >= 0.3 is 0 Å². The first-order chi connectivity index (χ1) is 5.38. The highest BCUT2D eigenvalue weighted by molar-refractivity contribution is 7.80. The third-order valence-electron chi connectivity index (χ3n) is 1.10. The number of thiol groups is 1. The lowest BCUT2D eigenvalue weighted by Gasteiger charge is -1.80. The van der Waals surface area contributed by atoms with Gasteiger partial charge in [-0.15, -0.1) is 0 Å². The van der Waals surface area contributed by atoms with Crippen molar-refractivity contribution in [2.75, 3.05) is 5.75 Å². The van der Waals surface area contributed by atoms with Gasteiger partial charge in [0.25, 0.3) is 0 Å². The third kappa shape index (κ3) is 1.89. The van der Waals surface area contributed by atoms with Crippen molar-refractivity contribution in [3.63, 3.8) is 0 Å². The van der Waals surface area contributed by atoms with Crippen molar-refractivity contribution in [2.24, 2.45) is 0 Å². The maximum Gasteiger partial charge on any atom is 0.186 e. The van der Waals surface area contributed by atoms with Gasteiger partial charge in [0.1, 0.15) is 0 Å². The molecule has 0 spiro atoms. The lowest BCUT2D eigenvalue weighted by Crippen LogP contribution is -1.78. The van der Waals surface area contributed by atoms with Crippen molar-refractivity contribution in [1.82, 2.24) is 0 Å². The molecule has 0 saturated carbocycles.